The van der Waals surface area contributed by atoms with Gasteiger partial charge in [-0.2, -0.15) is 0 Å². The average Bonchev–Trinajstić information content (AvgIpc) is 2.19. The highest BCUT2D eigenvalue weighted by Crippen LogP contribution is 2.03. The van der Waals surface area contributed by atoms with Crippen molar-refractivity contribution >= 4 is 11.5 Å². The molecule has 0 aliphatic carbocycles. The fourth-order valence-electron chi connectivity index (χ4n) is 1.12. The number of Topliss-reactive ketones (excluding diaryl/α,β-unsaturated/α-hetero) is 1. The predicted molar refractivity (Wildman–Crippen MR) is 58.2 cm³/mol. The zero-order chi connectivity index (χ0) is 10.6. The van der Waals surface area contributed by atoms with Gasteiger partial charge in [-0.05, 0) is 0 Å². The molecular formula is C12H16NO+. The number of nitrogens with zero attached hydrogens (tertiary/aromatic N) is 1. The van der Waals surface area contributed by atoms with Crippen molar-refractivity contribution in [1.29, 1.82) is 0 Å². The number of hydrogen-bond acceptors (Lipinski definition) is 1. The molecule has 0 N–H and O–H groups in total. The van der Waals surface area contributed by atoms with Crippen LogP contribution >= 0.6 is 0 Å². The third-order valence-corrected chi connectivity index (χ3v) is 2.28. The van der Waals surface area contributed by atoms with E-state index >= 15 is 0 Å². The van der Waals surface area contributed by atoms with E-state index in [-0.39, 0.29) is 5.78 Å². The van der Waals surface area contributed by atoms with E-state index in [9.17, 15) is 4.79 Å². The molecule has 0 heterocycles. The highest BCUT2D eigenvalue weighted by molar-refractivity contribution is 6.07. The first kappa shape index (κ1) is 10.6. The van der Waals surface area contributed by atoms with Gasteiger partial charge in [-0.3, -0.25) is 4.79 Å². The Balaban J connectivity index is 2.75. The van der Waals surface area contributed by atoms with E-state index in [0.29, 0.717) is 6.42 Å². The van der Waals surface area contributed by atoms with Crippen molar-refractivity contribution in [3.05, 3.63) is 35.9 Å². The second-order valence-electron chi connectivity index (χ2n) is 3.60. The molecule has 0 atom stereocenters. The Morgan fingerprint density at radius 3 is 2.29 bits per heavy atom. The molecule has 0 aromatic heterocycles. The van der Waals surface area contributed by atoms with Crippen LogP contribution in [0.25, 0.3) is 0 Å². The van der Waals surface area contributed by atoms with Gasteiger partial charge in [0.2, 0.25) is 0 Å². The summed E-state index contributed by atoms with van der Waals surface area (Å²) in [5.41, 5.74) is 1.87. The molecule has 0 aliphatic rings. The molecule has 1 aromatic rings. The van der Waals surface area contributed by atoms with Gasteiger partial charge in [0.05, 0.1) is 6.42 Å². The maximum atomic E-state index is 11.7. The van der Waals surface area contributed by atoms with Crippen LogP contribution in [0, 0.1) is 0 Å². The van der Waals surface area contributed by atoms with Crippen molar-refractivity contribution in [1.82, 2.24) is 0 Å². The van der Waals surface area contributed by atoms with Gasteiger partial charge in [0, 0.05) is 12.5 Å². The molecule has 0 radical (unpaired) electrons. The van der Waals surface area contributed by atoms with Crippen molar-refractivity contribution < 1.29 is 9.37 Å². The highest BCUT2D eigenvalue weighted by Gasteiger charge is 2.10. The Morgan fingerprint density at radius 2 is 1.79 bits per heavy atom. The molecule has 0 amide bonds. The summed E-state index contributed by atoms with van der Waals surface area (Å²) in [5.74, 6) is 0.178. The van der Waals surface area contributed by atoms with Gasteiger partial charge < -0.3 is 0 Å². The lowest BCUT2D eigenvalue weighted by Crippen LogP contribution is -2.14. The molecule has 0 saturated heterocycles. The van der Waals surface area contributed by atoms with Gasteiger partial charge >= 0.3 is 0 Å². The van der Waals surface area contributed by atoms with Crippen LogP contribution in [-0.4, -0.2) is 30.2 Å². The molecule has 74 valence electrons. The van der Waals surface area contributed by atoms with Crippen LogP contribution in [0.5, 0.6) is 0 Å². The molecule has 1 aromatic carbocycles. The Labute approximate surface area is 84.9 Å². The smallest absolute Gasteiger partial charge is 0.172 e. The summed E-state index contributed by atoms with van der Waals surface area (Å²) in [7, 11) is 3.90. The van der Waals surface area contributed by atoms with E-state index < -0.39 is 0 Å². The number of hydrogen-bond donors (Lipinski definition) is 0. The minimum Gasteiger partial charge on any atom is -0.294 e. The summed E-state index contributed by atoms with van der Waals surface area (Å²) in [5, 5.41) is 0. The first-order chi connectivity index (χ1) is 6.61. The van der Waals surface area contributed by atoms with Gasteiger partial charge in [0.1, 0.15) is 14.1 Å². The van der Waals surface area contributed by atoms with Crippen molar-refractivity contribution in [3.8, 4) is 0 Å². The molecule has 0 saturated carbocycles. The molecular weight excluding hydrogens is 174 g/mol. The summed E-state index contributed by atoms with van der Waals surface area (Å²) >= 11 is 0. The Morgan fingerprint density at radius 1 is 1.21 bits per heavy atom. The van der Waals surface area contributed by atoms with Crippen LogP contribution in [0.15, 0.2) is 30.3 Å². The van der Waals surface area contributed by atoms with Gasteiger partial charge in [0.15, 0.2) is 11.5 Å². The Hall–Kier alpha value is -1.44. The maximum absolute atomic E-state index is 11.7. The monoisotopic (exact) mass is 190 g/mol. The molecule has 1 rings (SSSR count). The Kier molecular flexibility index (Phi) is 3.57. The van der Waals surface area contributed by atoms with Crippen LogP contribution in [0.1, 0.15) is 23.7 Å². The molecule has 14 heavy (non-hydrogen) atoms. The van der Waals surface area contributed by atoms with Gasteiger partial charge in [-0.25, -0.2) is 4.58 Å². The first-order valence-corrected chi connectivity index (χ1v) is 4.69. The number of carbonyl (C=O) groups excluding carboxylic acids is 1. The third-order valence-electron chi connectivity index (χ3n) is 2.28. The van der Waals surface area contributed by atoms with Crippen LogP contribution in [-0.2, 0) is 0 Å². The number of benzene rings is 1. The van der Waals surface area contributed by atoms with E-state index in [0.717, 1.165) is 11.3 Å². The number of ketones is 1. The lowest BCUT2D eigenvalue weighted by molar-refractivity contribution is -0.465. The zero-order valence-corrected chi connectivity index (χ0v) is 8.95. The van der Waals surface area contributed by atoms with E-state index in [1.807, 2.05) is 55.9 Å². The summed E-state index contributed by atoms with van der Waals surface area (Å²) in [6.45, 7) is 1.97. The molecule has 0 fully saturated rings. The van der Waals surface area contributed by atoms with Gasteiger partial charge in [-0.15, -0.1) is 0 Å². The second-order valence-corrected chi connectivity index (χ2v) is 3.60. The summed E-state index contributed by atoms with van der Waals surface area (Å²) < 4.78 is 1.97. The Bertz CT molecular complexity index is 348. The van der Waals surface area contributed by atoms with Gasteiger partial charge in [-0.1, -0.05) is 30.3 Å². The van der Waals surface area contributed by atoms with Crippen LogP contribution in [0.4, 0.5) is 0 Å². The van der Waals surface area contributed by atoms with Crippen molar-refractivity contribution in [2.45, 2.75) is 13.3 Å². The van der Waals surface area contributed by atoms with E-state index in [1.165, 1.54) is 0 Å². The van der Waals surface area contributed by atoms with E-state index in [4.69, 9.17) is 0 Å². The largest absolute Gasteiger partial charge is 0.294 e. The molecule has 0 bridgehead atoms. The van der Waals surface area contributed by atoms with Crippen LogP contribution < -0.4 is 0 Å². The highest BCUT2D eigenvalue weighted by atomic mass is 16.1. The number of carbonyl (C=O) groups is 1. The summed E-state index contributed by atoms with van der Waals surface area (Å²) in [6.07, 6.45) is 0.497. The second kappa shape index (κ2) is 4.70. The first-order valence-electron chi connectivity index (χ1n) is 4.69. The molecule has 0 unspecified atom stereocenters. The predicted octanol–water partition coefficient (Wildman–Crippen LogP) is 1.99. The summed E-state index contributed by atoms with van der Waals surface area (Å²) in [4.78, 5) is 11.7. The normalized spacial score (nSPS) is 9.64. The molecule has 2 heteroatoms. The molecule has 0 aliphatic heterocycles. The minimum absolute atomic E-state index is 0.178. The fraction of sp³-hybridized carbons (Fsp3) is 0.333. The maximum Gasteiger partial charge on any atom is 0.172 e. The minimum atomic E-state index is 0.178. The lowest BCUT2D eigenvalue weighted by Gasteiger charge is -1.99. The quantitative estimate of drug-likeness (QED) is 0.405. The van der Waals surface area contributed by atoms with Crippen LogP contribution in [0.3, 0.4) is 0 Å². The van der Waals surface area contributed by atoms with E-state index in [1.54, 1.807) is 0 Å². The summed E-state index contributed by atoms with van der Waals surface area (Å²) in [6, 6.07) is 9.40. The molecule has 2 nitrogen and oxygen atoms in total. The fourth-order valence-corrected chi connectivity index (χ4v) is 1.12. The zero-order valence-electron chi connectivity index (χ0n) is 8.95. The SMILES string of the molecule is CC(CC(=O)c1ccccc1)=[N+](C)C. The average molecular weight is 190 g/mol. The standard InChI is InChI=1S/C12H16NO/c1-10(13(2)3)9-12(14)11-7-5-4-6-8-11/h4-8H,9H2,1-3H3/q+1. The molecule has 0 spiro atoms. The topological polar surface area (TPSA) is 20.1 Å². The van der Waals surface area contributed by atoms with Crippen molar-refractivity contribution in [2.75, 3.05) is 14.1 Å². The lowest BCUT2D eigenvalue weighted by atomic mass is 10.1. The van der Waals surface area contributed by atoms with Crippen LogP contribution in [0.2, 0.25) is 0 Å². The van der Waals surface area contributed by atoms with Crippen molar-refractivity contribution in [3.63, 3.8) is 0 Å². The number of rotatable bonds is 3. The third kappa shape index (κ3) is 2.80. The van der Waals surface area contributed by atoms with Crippen molar-refractivity contribution in [2.24, 2.45) is 0 Å². The van der Waals surface area contributed by atoms with E-state index in [2.05, 4.69) is 0 Å². The van der Waals surface area contributed by atoms with Gasteiger partial charge in [0.25, 0.3) is 0 Å².